The Morgan fingerprint density at radius 1 is 0.820 bits per heavy atom. The third-order valence-corrected chi connectivity index (χ3v) is 11.4. The Morgan fingerprint density at radius 3 is 2.10 bits per heavy atom. The Hall–Kier alpha value is -4.25. The summed E-state index contributed by atoms with van der Waals surface area (Å²) in [5.41, 5.74) is 1.42. The molecular weight excluding hydrogens is 697 g/mol. The van der Waals surface area contributed by atoms with Crippen molar-refractivity contribution in [3.8, 4) is 11.5 Å². The molecule has 0 unspecified atom stereocenters. The Morgan fingerprint density at radius 2 is 1.46 bits per heavy atom. The second kappa shape index (κ2) is 17.1. The highest BCUT2D eigenvalue weighted by Gasteiger charge is 2.36. The number of ether oxygens (including phenoxy) is 2. The highest BCUT2D eigenvalue weighted by atomic mass is 35.5. The summed E-state index contributed by atoms with van der Waals surface area (Å²) < 4.78 is 40.7. The number of hydrogen-bond acceptors (Lipinski definition) is 6. The Bertz CT molecular complexity index is 1850. The van der Waals surface area contributed by atoms with Crippen LogP contribution in [0.1, 0.15) is 43.2 Å². The average molecular weight is 739 g/mol. The van der Waals surface area contributed by atoms with Crippen LogP contribution in [0, 0.1) is 0 Å². The van der Waals surface area contributed by atoms with E-state index in [1.54, 1.807) is 42.5 Å². The molecule has 1 N–H and O–H groups in total. The molecule has 50 heavy (non-hydrogen) atoms. The van der Waals surface area contributed by atoms with Crippen molar-refractivity contribution in [2.45, 2.75) is 62.0 Å². The van der Waals surface area contributed by atoms with Crippen LogP contribution in [-0.2, 0) is 32.6 Å². The summed E-state index contributed by atoms with van der Waals surface area (Å²) in [4.78, 5) is 30.5. The van der Waals surface area contributed by atoms with E-state index < -0.39 is 28.5 Å². The lowest BCUT2D eigenvalue weighted by Crippen LogP contribution is -2.55. The van der Waals surface area contributed by atoms with Gasteiger partial charge in [0.25, 0.3) is 10.0 Å². The molecule has 1 aliphatic rings. The normalized spacial score (nSPS) is 14.0. The lowest BCUT2D eigenvalue weighted by atomic mass is 9.94. The maximum Gasteiger partial charge on any atom is 0.264 e. The van der Waals surface area contributed by atoms with Crippen LogP contribution in [0.15, 0.2) is 102 Å². The summed E-state index contributed by atoms with van der Waals surface area (Å²) in [6, 6.07) is 25.8. The lowest BCUT2D eigenvalue weighted by Gasteiger charge is -2.35. The molecule has 1 aliphatic carbocycles. The Kier molecular flexibility index (Phi) is 12.7. The first kappa shape index (κ1) is 37.0. The van der Waals surface area contributed by atoms with Gasteiger partial charge < -0.3 is 19.7 Å². The molecular formula is C38H41Cl2N3O6S. The fourth-order valence-corrected chi connectivity index (χ4v) is 8.12. The number of sulfonamides is 1. The topological polar surface area (TPSA) is 105 Å². The first-order valence-electron chi connectivity index (χ1n) is 16.5. The van der Waals surface area contributed by atoms with E-state index in [-0.39, 0.29) is 41.2 Å². The minimum atomic E-state index is -4.36. The van der Waals surface area contributed by atoms with Gasteiger partial charge in [0.2, 0.25) is 11.8 Å². The zero-order valence-electron chi connectivity index (χ0n) is 28.1. The average Bonchev–Trinajstić information content (AvgIpc) is 3.13. The van der Waals surface area contributed by atoms with Crippen molar-refractivity contribution < 1.29 is 27.5 Å². The molecule has 0 heterocycles. The first-order chi connectivity index (χ1) is 24.1. The van der Waals surface area contributed by atoms with E-state index in [2.05, 4.69) is 5.32 Å². The van der Waals surface area contributed by atoms with E-state index in [0.717, 1.165) is 42.0 Å². The molecule has 9 nitrogen and oxygen atoms in total. The van der Waals surface area contributed by atoms with Crippen molar-refractivity contribution in [1.82, 2.24) is 10.2 Å². The van der Waals surface area contributed by atoms with E-state index >= 15 is 0 Å². The van der Waals surface area contributed by atoms with E-state index in [1.165, 1.54) is 43.4 Å². The van der Waals surface area contributed by atoms with Gasteiger partial charge in [-0.2, -0.15) is 0 Å². The summed E-state index contributed by atoms with van der Waals surface area (Å²) in [6.07, 6.45) is 4.97. The van der Waals surface area contributed by atoms with E-state index in [1.807, 2.05) is 30.3 Å². The third kappa shape index (κ3) is 8.91. The van der Waals surface area contributed by atoms with Crippen LogP contribution in [-0.4, -0.2) is 58.0 Å². The van der Waals surface area contributed by atoms with Crippen LogP contribution in [0.4, 0.5) is 5.69 Å². The van der Waals surface area contributed by atoms with Gasteiger partial charge in [-0.05, 0) is 66.9 Å². The van der Waals surface area contributed by atoms with Crippen molar-refractivity contribution in [2.75, 3.05) is 25.1 Å². The van der Waals surface area contributed by atoms with Crippen LogP contribution < -0.4 is 19.1 Å². The van der Waals surface area contributed by atoms with Crippen LogP contribution in [0.25, 0.3) is 0 Å². The zero-order chi connectivity index (χ0) is 35.7. The summed E-state index contributed by atoms with van der Waals surface area (Å²) in [5, 5.41) is 3.82. The molecule has 5 rings (SSSR count). The SMILES string of the molecule is COc1ccc(S(=O)(=O)N(CC(=O)N(Cc2c(Cl)cccc2Cl)[C@@H](Cc2ccccc2)C(=O)NC2CCCCC2)c2ccccc2OC)cc1. The van der Waals surface area contributed by atoms with Gasteiger partial charge in [-0.25, -0.2) is 8.42 Å². The smallest absolute Gasteiger partial charge is 0.264 e. The summed E-state index contributed by atoms with van der Waals surface area (Å²) >= 11 is 13.3. The van der Waals surface area contributed by atoms with Gasteiger partial charge in [-0.3, -0.25) is 13.9 Å². The molecule has 0 bridgehead atoms. The molecule has 12 heteroatoms. The number of anilines is 1. The summed E-state index contributed by atoms with van der Waals surface area (Å²) in [5.74, 6) is -0.254. The van der Waals surface area contributed by atoms with Crippen LogP contribution in [0.3, 0.4) is 0 Å². The molecule has 4 aromatic rings. The molecule has 0 saturated heterocycles. The standard InChI is InChI=1S/C38H41Cl2N3O6S/c1-48-29-20-22-30(23-21-29)50(46,47)43(34-18-9-10-19-36(34)49-2)26-37(44)42(25-31-32(39)16-11-17-33(31)40)35(24-27-12-5-3-6-13-27)38(45)41-28-14-7-4-8-15-28/h3,5-6,9-13,16-23,28,35H,4,7-8,14-15,24-26H2,1-2H3,(H,41,45)/t35-/m0/s1. The van der Waals surface area contributed by atoms with Gasteiger partial charge >= 0.3 is 0 Å². The molecule has 0 aliphatic heterocycles. The highest BCUT2D eigenvalue weighted by molar-refractivity contribution is 7.92. The van der Waals surface area contributed by atoms with Crippen molar-refractivity contribution in [3.05, 3.63) is 118 Å². The number of nitrogens with one attached hydrogen (secondary N) is 1. The van der Waals surface area contributed by atoms with Gasteiger partial charge in [0.15, 0.2) is 0 Å². The largest absolute Gasteiger partial charge is 0.497 e. The Labute approximate surface area is 304 Å². The van der Waals surface area contributed by atoms with Gasteiger partial charge in [0.05, 0.1) is 24.8 Å². The molecule has 4 aromatic carbocycles. The monoisotopic (exact) mass is 737 g/mol. The quantitative estimate of drug-likeness (QED) is 0.146. The van der Waals surface area contributed by atoms with Crippen molar-refractivity contribution in [2.24, 2.45) is 0 Å². The molecule has 1 atom stereocenters. The van der Waals surface area contributed by atoms with E-state index in [9.17, 15) is 18.0 Å². The molecule has 0 radical (unpaired) electrons. The van der Waals surface area contributed by atoms with E-state index in [0.29, 0.717) is 21.4 Å². The van der Waals surface area contributed by atoms with Crippen molar-refractivity contribution in [1.29, 1.82) is 0 Å². The number of hydrogen-bond donors (Lipinski definition) is 1. The number of methoxy groups -OCH3 is 2. The number of carbonyl (C=O) groups excluding carboxylic acids is 2. The van der Waals surface area contributed by atoms with Crippen LogP contribution >= 0.6 is 23.2 Å². The predicted octanol–water partition coefficient (Wildman–Crippen LogP) is 7.29. The van der Waals surface area contributed by atoms with Gasteiger partial charge in [-0.15, -0.1) is 0 Å². The number of amides is 2. The lowest BCUT2D eigenvalue weighted by molar-refractivity contribution is -0.140. The zero-order valence-corrected chi connectivity index (χ0v) is 30.4. The second-order valence-corrected chi connectivity index (χ2v) is 14.8. The molecule has 1 saturated carbocycles. The second-order valence-electron chi connectivity index (χ2n) is 12.1. The maximum absolute atomic E-state index is 14.9. The Balaban J connectivity index is 1.61. The van der Waals surface area contributed by atoms with Gasteiger partial charge in [0, 0.05) is 34.6 Å². The number of rotatable bonds is 14. The number of carbonyl (C=O) groups is 2. The van der Waals surface area contributed by atoms with E-state index in [4.69, 9.17) is 32.7 Å². The molecule has 2 amide bonds. The maximum atomic E-state index is 14.9. The number of nitrogens with zero attached hydrogens (tertiary/aromatic N) is 2. The molecule has 1 fully saturated rings. The number of halogens is 2. The van der Waals surface area contributed by atoms with Gasteiger partial charge in [-0.1, -0.05) is 91.0 Å². The third-order valence-electron chi connectivity index (χ3n) is 8.89. The van der Waals surface area contributed by atoms with Crippen LogP contribution in [0.2, 0.25) is 10.0 Å². The first-order valence-corrected chi connectivity index (χ1v) is 18.7. The van der Waals surface area contributed by atoms with Crippen molar-refractivity contribution >= 4 is 50.7 Å². The number of para-hydroxylation sites is 2. The van der Waals surface area contributed by atoms with Crippen molar-refractivity contribution in [3.63, 3.8) is 0 Å². The molecule has 0 spiro atoms. The molecule has 0 aromatic heterocycles. The fourth-order valence-electron chi connectivity index (χ4n) is 6.18. The summed E-state index contributed by atoms with van der Waals surface area (Å²) in [7, 11) is -1.45. The minimum absolute atomic E-state index is 0.0316. The fraction of sp³-hybridized carbons (Fsp3) is 0.316. The van der Waals surface area contributed by atoms with Gasteiger partial charge in [0.1, 0.15) is 24.1 Å². The molecule has 264 valence electrons. The van der Waals surface area contributed by atoms with Crippen LogP contribution in [0.5, 0.6) is 11.5 Å². The summed E-state index contributed by atoms with van der Waals surface area (Å²) in [6.45, 7) is -0.798. The predicted molar refractivity (Wildman–Crippen MR) is 196 cm³/mol. The minimum Gasteiger partial charge on any atom is -0.497 e. The number of benzene rings is 4. The highest BCUT2D eigenvalue weighted by Crippen LogP contribution is 2.34.